The van der Waals surface area contributed by atoms with E-state index >= 15 is 0 Å². The smallest absolute Gasteiger partial charge is 0.121 e. The van der Waals surface area contributed by atoms with Crippen LogP contribution in [-0.2, 0) is 6.61 Å². The molecule has 0 saturated carbocycles. The molecule has 0 aliphatic carbocycles. The second-order valence-corrected chi connectivity index (χ2v) is 4.75. The van der Waals surface area contributed by atoms with E-state index in [4.69, 9.17) is 10.5 Å². The number of hydrogen-bond acceptors (Lipinski definition) is 2. The maximum Gasteiger partial charge on any atom is 0.121 e. The Hall–Kier alpha value is -2.24. The molecule has 0 radical (unpaired) electrons. The summed E-state index contributed by atoms with van der Waals surface area (Å²) in [5.74, 6) is 6.68. The summed E-state index contributed by atoms with van der Waals surface area (Å²) >= 11 is 0. The molecule has 2 aromatic rings. The zero-order valence-electron chi connectivity index (χ0n) is 11.9. The van der Waals surface area contributed by atoms with E-state index in [1.165, 1.54) is 16.7 Å². The Balaban J connectivity index is 2.09. The van der Waals surface area contributed by atoms with Crippen molar-refractivity contribution in [1.29, 1.82) is 0 Å². The number of benzene rings is 2. The van der Waals surface area contributed by atoms with E-state index in [2.05, 4.69) is 43.9 Å². The molecule has 0 atom stereocenters. The highest BCUT2D eigenvalue weighted by atomic mass is 16.5. The summed E-state index contributed by atoms with van der Waals surface area (Å²) in [6.45, 7) is 5.13. The maximum absolute atomic E-state index is 5.85. The van der Waals surface area contributed by atoms with Gasteiger partial charge in [-0.15, -0.1) is 0 Å². The van der Waals surface area contributed by atoms with E-state index in [1.54, 1.807) is 0 Å². The summed E-state index contributed by atoms with van der Waals surface area (Å²) in [6, 6.07) is 14.2. The number of nitrogens with two attached hydrogens (primary N) is 1. The van der Waals surface area contributed by atoms with Gasteiger partial charge in [-0.25, -0.2) is 0 Å². The van der Waals surface area contributed by atoms with Crippen molar-refractivity contribution in [2.45, 2.75) is 20.5 Å². The van der Waals surface area contributed by atoms with Gasteiger partial charge in [0.2, 0.25) is 0 Å². The molecule has 0 heterocycles. The fourth-order valence-electron chi connectivity index (χ4n) is 1.93. The lowest BCUT2D eigenvalue weighted by molar-refractivity contribution is 0.305. The van der Waals surface area contributed by atoms with Crippen LogP contribution in [0.25, 0.3) is 0 Å². The van der Waals surface area contributed by atoms with E-state index < -0.39 is 0 Å². The third-order valence-corrected chi connectivity index (χ3v) is 3.07. The first-order valence-corrected chi connectivity index (χ1v) is 6.67. The molecule has 0 bridgehead atoms. The second-order valence-electron chi connectivity index (χ2n) is 4.75. The zero-order chi connectivity index (χ0) is 14.4. The third-order valence-electron chi connectivity index (χ3n) is 3.07. The van der Waals surface area contributed by atoms with Crippen molar-refractivity contribution in [3.05, 3.63) is 64.7 Å². The molecule has 2 rings (SSSR count). The molecule has 0 aliphatic rings. The van der Waals surface area contributed by atoms with Crippen molar-refractivity contribution in [2.24, 2.45) is 5.73 Å². The van der Waals surface area contributed by atoms with Crippen LogP contribution in [0.4, 0.5) is 0 Å². The molecule has 2 heteroatoms. The zero-order valence-corrected chi connectivity index (χ0v) is 11.9. The lowest BCUT2D eigenvalue weighted by Gasteiger charge is -2.10. The summed E-state index contributed by atoms with van der Waals surface area (Å²) in [5, 5.41) is 0. The molecule has 0 saturated heterocycles. The van der Waals surface area contributed by atoms with Gasteiger partial charge in [0.1, 0.15) is 12.4 Å². The SMILES string of the molecule is Cc1ccc(C)c(COc2cccc(C#CCN)c2)c1. The quantitative estimate of drug-likeness (QED) is 0.865. The largest absolute Gasteiger partial charge is 0.489 e. The van der Waals surface area contributed by atoms with Crippen molar-refractivity contribution in [2.75, 3.05) is 6.54 Å². The van der Waals surface area contributed by atoms with Crippen LogP contribution in [0.15, 0.2) is 42.5 Å². The standard InChI is InChI=1S/C18H19NO/c1-14-8-9-15(2)17(11-14)13-20-18-7-3-5-16(12-18)6-4-10-19/h3,5,7-9,11-12H,10,13,19H2,1-2H3. The van der Waals surface area contributed by atoms with Gasteiger partial charge in [-0.05, 0) is 43.2 Å². The van der Waals surface area contributed by atoms with Crippen LogP contribution in [0.1, 0.15) is 22.3 Å². The average Bonchev–Trinajstić information content (AvgIpc) is 2.46. The molecule has 0 spiro atoms. The minimum absolute atomic E-state index is 0.369. The Morgan fingerprint density at radius 1 is 1.10 bits per heavy atom. The Labute approximate surface area is 120 Å². The van der Waals surface area contributed by atoms with Gasteiger partial charge in [-0.1, -0.05) is 41.7 Å². The molecule has 2 nitrogen and oxygen atoms in total. The number of aryl methyl sites for hydroxylation is 2. The van der Waals surface area contributed by atoms with Crippen LogP contribution in [0.5, 0.6) is 5.75 Å². The number of hydrogen-bond donors (Lipinski definition) is 1. The molecule has 0 aromatic heterocycles. The van der Waals surface area contributed by atoms with Crippen LogP contribution in [0.2, 0.25) is 0 Å². The minimum atomic E-state index is 0.369. The highest BCUT2D eigenvalue weighted by Crippen LogP contribution is 2.17. The fraction of sp³-hybridized carbons (Fsp3) is 0.222. The lowest BCUT2D eigenvalue weighted by atomic mass is 10.1. The first-order valence-electron chi connectivity index (χ1n) is 6.67. The topological polar surface area (TPSA) is 35.2 Å². The number of rotatable bonds is 3. The highest BCUT2D eigenvalue weighted by Gasteiger charge is 2.01. The minimum Gasteiger partial charge on any atom is -0.489 e. The van der Waals surface area contributed by atoms with Crippen LogP contribution < -0.4 is 10.5 Å². The van der Waals surface area contributed by atoms with Gasteiger partial charge in [-0.3, -0.25) is 0 Å². The highest BCUT2D eigenvalue weighted by molar-refractivity contribution is 5.40. The predicted molar refractivity (Wildman–Crippen MR) is 82.6 cm³/mol. The van der Waals surface area contributed by atoms with Crippen molar-refractivity contribution < 1.29 is 4.74 Å². The van der Waals surface area contributed by atoms with Gasteiger partial charge < -0.3 is 10.5 Å². The van der Waals surface area contributed by atoms with Gasteiger partial charge in [0.15, 0.2) is 0 Å². The first kappa shape index (κ1) is 14.2. The molecule has 0 fully saturated rings. The van der Waals surface area contributed by atoms with E-state index in [-0.39, 0.29) is 0 Å². The Kier molecular flexibility index (Phi) is 4.81. The summed E-state index contributed by atoms with van der Waals surface area (Å²) in [4.78, 5) is 0. The summed E-state index contributed by atoms with van der Waals surface area (Å²) in [6.07, 6.45) is 0. The first-order chi connectivity index (χ1) is 9.69. The average molecular weight is 265 g/mol. The van der Waals surface area contributed by atoms with E-state index in [0.717, 1.165) is 11.3 Å². The predicted octanol–water partition coefficient (Wildman–Crippen LogP) is 3.19. The fourth-order valence-corrected chi connectivity index (χ4v) is 1.93. The molecule has 2 N–H and O–H groups in total. The van der Waals surface area contributed by atoms with Crippen LogP contribution in [0, 0.1) is 25.7 Å². The van der Waals surface area contributed by atoms with Gasteiger partial charge >= 0.3 is 0 Å². The van der Waals surface area contributed by atoms with Crippen LogP contribution >= 0.6 is 0 Å². The van der Waals surface area contributed by atoms with Crippen LogP contribution in [-0.4, -0.2) is 6.54 Å². The molecular weight excluding hydrogens is 246 g/mol. The van der Waals surface area contributed by atoms with E-state index in [0.29, 0.717) is 13.2 Å². The van der Waals surface area contributed by atoms with Gasteiger partial charge in [0.25, 0.3) is 0 Å². The normalized spacial score (nSPS) is 9.75. The molecular formula is C18H19NO. The molecule has 102 valence electrons. The molecule has 0 amide bonds. The van der Waals surface area contributed by atoms with Crippen LogP contribution in [0.3, 0.4) is 0 Å². The van der Waals surface area contributed by atoms with Crippen molar-refractivity contribution in [3.8, 4) is 17.6 Å². The van der Waals surface area contributed by atoms with Crippen molar-refractivity contribution in [1.82, 2.24) is 0 Å². The Morgan fingerprint density at radius 2 is 1.95 bits per heavy atom. The molecule has 20 heavy (non-hydrogen) atoms. The monoisotopic (exact) mass is 265 g/mol. The van der Waals surface area contributed by atoms with E-state index in [9.17, 15) is 0 Å². The van der Waals surface area contributed by atoms with Gasteiger partial charge in [-0.2, -0.15) is 0 Å². The Bertz CT molecular complexity index is 650. The summed E-state index contributed by atoms with van der Waals surface area (Å²) in [7, 11) is 0. The van der Waals surface area contributed by atoms with E-state index in [1.807, 2.05) is 24.3 Å². The maximum atomic E-state index is 5.85. The number of ether oxygens (including phenoxy) is 1. The van der Waals surface area contributed by atoms with Gasteiger partial charge in [0, 0.05) is 5.56 Å². The third kappa shape index (κ3) is 3.88. The second kappa shape index (κ2) is 6.79. The summed E-state index contributed by atoms with van der Waals surface area (Å²) in [5.41, 5.74) is 10.0. The summed E-state index contributed by atoms with van der Waals surface area (Å²) < 4.78 is 5.85. The molecule has 2 aromatic carbocycles. The Morgan fingerprint density at radius 3 is 2.75 bits per heavy atom. The van der Waals surface area contributed by atoms with Crippen molar-refractivity contribution in [3.63, 3.8) is 0 Å². The molecule has 0 unspecified atom stereocenters. The lowest BCUT2D eigenvalue weighted by Crippen LogP contribution is -1.98. The van der Waals surface area contributed by atoms with Gasteiger partial charge in [0.05, 0.1) is 6.54 Å². The van der Waals surface area contributed by atoms with Crippen molar-refractivity contribution >= 4 is 0 Å². The molecule has 0 aliphatic heterocycles.